The quantitative estimate of drug-likeness (QED) is 0.568. The molecule has 0 spiro atoms. The zero-order valence-electron chi connectivity index (χ0n) is 7.78. The largest absolute Gasteiger partial charge is 0.0891 e. The molecule has 0 aromatic carbocycles. The predicted molar refractivity (Wildman–Crippen MR) is 55.4 cm³/mol. The third kappa shape index (κ3) is 3.44. The van der Waals surface area contributed by atoms with Crippen LogP contribution >= 0.6 is 11.6 Å². The van der Waals surface area contributed by atoms with Gasteiger partial charge >= 0.3 is 0 Å². The number of allylic oxidation sites excluding steroid dienone is 4. The van der Waals surface area contributed by atoms with Crippen molar-refractivity contribution in [2.45, 2.75) is 45.4 Å². The van der Waals surface area contributed by atoms with E-state index in [4.69, 9.17) is 11.6 Å². The van der Waals surface area contributed by atoms with Crippen molar-refractivity contribution >= 4 is 11.6 Å². The van der Waals surface area contributed by atoms with E-state index in [9.17, 15) is 0 Å². The molecule has 0 nitrogen and oxygen atoms in total. The van der Waals surface area contributed by atoms with E-state index in [1.807, 2.05) is 6.08 Å². The second kappa shape index (κ2) is 5.42. The van der Waals surface area contributed by atoms with Crippen molar-refractivity contribution in [1.82, 2.24) is 0 Å². The van der Waals surface area contributed by atoms with Gasteiger partial charge in [0.1, 0.15) is 0 Å². The van der Waals surface area contributed by atoms with Gasteiger partial charge in [0, 0.05) is 5.03 Å². The van der Waals surface area contributed by atoms with Gasteiger partial charge in [-0.1, -0.05) is 43.0 Å². The molecule has 0 aliphatic heterocycles. The summed E-state index contributed by atoms with van der Waals surface area (Å²) in [5.41, 5.74) is 1.58. The third-order valence-electron chi connectivity index (χ3n) is 2.29. The number of hydrogen-bond donors (Lipinski definition) is 0. The molecule has 1 aliphatic carbocycles. The Labute approximate surface area is 80.3 Å². The second-order valence-electron chi connectivity index (χ2n) is 3.40. The standard InChI is InChI=1S/C11H17Cl/c1-2-3-4-5-10-6-8-11(12)9-7-10/h6,8H,2-5,7,9H2,1H3. The summed E-state index contributed by atoms with van der Waals surface area (Å²) in [6.07, 6.45) is 11.8. The molecule has 0 N–H and O–H groups in total. The minimum Gasteiger partial charge on any atom is -0.0891 e. The Bertz CT molecular complexity index is 189. The van der Waals surface area contributed by atoms with Crippen LogP contribution in [0.3, 0.4) is 0 Å². The van der Waals surface area contributed by atoms with Crippen molar-refractivity contribution in [3.05, 3.63) is 22.8 Å². The predicted octanol–water partition coefficient (Wildman–Crippen LogP) is 4.41. The Hall–Kier alpha value is -0.230. The highest BCUT2D eigenvalue weighted by atomic mass is 35.5. The average molecular weight is 185 g/mol. The lowest BCUT2D eigenvalue weighted by atomic mass is 9.99. The van der Waals surface area contributed by atoms with Crippen LogP contribution in [0.1, 0.15) is 45.4 Å². The molecule has 0 bridgehead atoms. The highest BCUT2D eigenvalue weighted by Crippen LogP contribution is 2.24. The first-order chi connectivity index (χ1) is 5.83. The van der Waals surface area contributed by atoms with Crippen LogP contribution in [0.4, 0.5) is 0 Å². The lowest BCUT2D eigenvalue weighted by Gasteiger charge is -2.10. The van der Waals surface area contributed by atoms with Crippen molar-refractivity contribution in [3.8, 4) is 0 Å². The van der Waals surface area contributed by atoms with Gasteiger partial charge in [0.15, 0.2) is 0 Å². The van der Waals surface area contributed by atoms with Crippen LogP contribution in [0.25, 0.3) is 0 Å². The van der Waals surface area contributed by atoms with E-state index in [-0.39, 0.29) is 0 Å². The van der Waals surface area contributed by atoms with Gasteiger partial charge < -0.3 is 0 Å². The zero-order chi connectivity index (χ0) is 8.81. The summed E-state index contributed by atoms with van der Waals surface area (Å²) in [7, 11) is 0. The smallest absolute Gasteiger partial charge is 0.0184 e. The summed E-state index contributed by atoms with van der Waals surface area (Å²) < 4.78 is 0. The second-order valence-corrected chi connectivity index (χ2v) is 3.88. The fourth-order valence-corrected chi connectivity index (χ4v) is 1.62. The fourth-order valence-electron chi connectivity index (χ4n) is 1.47. The lowest BCUT2D eigenvalue weighted by molar-refractivity contribution is 0.693. The van der Waals surface area contributed by atoms with Gasteiger partial charge in [-0.25, -0.2) is 0 Å². The molecule has 12 heavy (non-hydrogen) atoms. The maximum absolute atomic E-state index is 5.86. The maximum Gasteiger partial charge on any atom is 0.0184 e. The van der Waals surface area contributed by atoms with Gasteiger partial charge in [-0.05, 0) is 31.8 Å². The minimum atomic E-state index is 1.01. The maximum atomic E-state index is 5.86. The van der Waals surface area contributed by atoms with E-state index in [0.717, 1.165) is 11.5 Å². The normalized spacial score (nSPS) is 17.2. The van der Waals surface area contributed by atoms with Gasteiger partial charge in [0.25, 0.3) is 0 Å². The molecule has 1 rings (SSSR count). The van der Waals surface area contributed by atoms with Crippen molar-refractivity contribution < 1.29 is 0 Å². The summed E-state index contributed by atoms with van der Waals surface area (Å²) in [5.74, 6) is 0. The minimum absolute atomic E-state index is 1.01. The van der Waals surface area contributed by atoms with Gasteiger partial charge in [-0.3, -0.25) is 0 Å². The van der Waals surface area contributed by atoms with Crippen LogP contribution in [0.5, 0.6) is 0 Å². The molecule has 0 amide bonds. The average Bonchev–Trinajstić information content (AvgIpc) is 2.09. The first-order valence-corrected chi connectivity index (χ1v) is 5.25. The molecule has 1 aliphatic rings. The Morgan fingerprint density at radius 3 is 2.67 bits per heavy atom. The Balaban J connectivity index is 2.24. The molecule has 0 saturated carbocycles. The highest BCUT2D eigenvalue weighted by Gasteiger charge is 2.03. The van der Waals surface area contributed by atoms with E-state index in [2.05, 4.69) is 13.0 Å². The van der Waals surface area contributed by atoms with Crippen molar-refractivity contribution in [3.63, 3.8) is 0 Å². The van der Waals surface area contributed by atoms with Gasteiger partial charge in [-0.15, -0.1) is 0 Å². The molecule has 1 heteroatoms. The van der Waals surface area contributed by atoms with Crippen LogP contribution in [0, 0.1) is 0 Å². The SMILES string of the molecule is CCCCCC1=CC=C(Cl)CC1. The highest BCUT2D eigenvalue weighted by molar-refractivity contribution is 6.29. The van der Waals surface area contributed by atoms with Gasteiger partial charge in [0.2, 0.25) is 0 Å². The summed E-state index contributed by atoms with van der Waals surface area (Å²) in [4.78, 5) is 0. The number of hydrogen-bond acceptors (Lipinski definition) is 0. The molecule has 0 aromatic rings. The van der Waals surface area contributed by atoms with Crippen molar-refractivity contribution in [1.29, 1.82) is 0 Å². The molecule has 0 radical (unpaired) electrons. The number of halogens is 1. The van der Waals surface area contributed by atoms with E-state index in [0.29, 0.717) is 0 Å². The Morgan fingerprint density at radius 1 is 1.25 bits per heavy atom. The first kappa shape index (κ1) is 9.85. The van der Waals surface area contributed by atoms with Crippen LogP contribution in [0.2, 0.25) is 0 Å². The molecule has 0 fully saturated rings. The number of unbranched alkanes of at least 4 members (excludes halogenated alkanes) is 2. The van der Waals surface area contributed by atoms with Crippen molar-refractivity contribution in [2.24, 2.45) is 0 Å². The van der Waals surface area contributed by atoms with E-state index in [1.54, 1.807) is 5.57 Å². The van der Waals surface area contributed by atoms with E-state index < -0.39 is 0 Å². The van der Waals surface area contributed by atoms with E-state index in [1.165, 1.54) is 32.1 Å². The molecule has 0 aromatic heterocycles. The molecule has 0 unspecified atom stereocenters. The fraction of sp³-hybridized carbons (Fsp3) is 0.636. The van der Waals surface area contributed by atoms with Crippen LogP contribution in [-0.2, 0) is 0 Å². The summed E-state index contributed by atoms with van der Waals surface area (Å²) in [5, 5.41) is 1.01. The van der Waals surface area contributed by atoms with Crippen LogP contribution in [0.15, 0.2) is 22.8 Å². The summed E-state index contributed by atoms with van der Waals surface area (Å²) in [6, 6.07) is 0. The molecular weight excluding hydrogens is 168 g/mol. The molecule has 0 saturated heterocycles. The Morgan fingerprint density at radius 2 is 2.08 bits per heavy atom. The molecule has 68 valence electrons. The van der Waals surface area contributed by atoms with Gasteiger partial charge in [-0.2, -0.15) is 0 Å². The van der Waals surface area contributed by atoms with Crippen LogP contribution in [-0.4, -0.2) is 0 Å². The first-order valence-electron chi connectivity index (χ1n) is 4.87. The zero-order valence-corrected chi connectivity index (χ0v) is 8.53. The summed E-state index contributed by atoms with van der Waals surface area (Å²) in [6.45, 7) is 2.24. The monoisotopic (exact) mass is 184 g/mol. The molecular formula is C11H17Cl. The lowest BCUT2D eigenvalue weighted by Crippen LogP contribution is -1.90. The molecule has 0 atom stereocenters. The topological polar surface area (TPSA) is 0 Å². The third-order valence-corrected chi connectivity index (χ3v) is 2.60. The molecule has 0 heterocycles. The van der Waals surface area contributed by atoms with Crippen LogP contribution < -0.4 is 0 Å². The van der Waals surface area contributed by atoms with E-state index >= 15 is 0 Å². The van der Waals surface area contributed by atoms with Crippen molar-refractivity contribution in [2.75, 3.05) is 0 Å². The van der Waals surface area contributed by atoms with Gasteiger partial charge in [0.05, 0.1) is 0 Å². The Kier molecular flexibility index (Phi) is 4.45. The summed E-state index contributed by atoms with van der Waals surface area (Å²) >= 11 is 5.86. The number of rotatable bonds is 4.